The molecule has 2 aromatic rings. The van der Waals surface area contributed by atoms with Crippen molar-refractivity contribution in [2.45, 2.75) is 18.8 Å². The number of nitrogens with zero attached hydrogens (tertiary/aromatic N) is 2. The van der Waals surface area contributed by atoms with E-state index in [1.54, 1.807) is 0 Å². The number of aromatic nitrogens is 2. The van der Waals surface area contributed by atoms with Crippen LogP contribution >= 0.6 is 0 Å². The fourth-order valence-electron chi connectivity index (χ4n) is 1.79. The van der Waals surface area contributed by atoms with Crippen molar-refractivity contribution in [3.63, 3.8) is 0 Å². The highest BCUT2D eigenvalue weighted by atomic mass is 15.3. The smallest absolute Gasteiger partial charge is 0.0648 e. The van der Waals surface area contributed by atoms with Crippen molar-refractivity contribution in [2.24, 2.45) is 0 Å². The van der Waals surface area contributed by atoms with Gasteiger partial charge in [-0.1, -0.05) is 18.2 Å². The largest absolute Gasteiger partial charge is 0.238 e. The van der Waals surface area contributed by atoms with Crippen LogP contribution in [0.15, 0.2) is 42.6 Å². The average molecular weight is 184 g/mol. The molecule has 1 saturated carbocycles. The van der Waals surface area contributed by atoms with Gasteiger partial charge < -0.3 is 0 Å². The molecular formula is C12H12N2. The summed E-state index contributed by atoms with van der Waals surface area (Å²) in [6.07, 6.45) is 4.53. The minimum Gasteiger partial charge on any atom is -0.238 e. The monoisotopic (exact) mass is 184 g/mol. The van der Waals surface area contributed by atoms with Gasteiger partial charge in [-0.25, -0.2) is 4.68 Å². The molecule has 1 aromatic heterocycles. The zero-order valence-corrected chi connectivity index (χ0v) is 7.93. The van der Waals surface area contributed by atoms with Gasteiger partial charge in [-0.2, -0.15) is 5.10 Å². The van der Waals surface area contributed by atoms with Crippen LogP contribution in [-0.2, 0) is 0 Å². The molecule has 0 atom stereocenters. The zero-order chi connectivity index (χ0) is 9.38. The summed E-state index contributed by atoms with van der Waals surface area (Å²) < 4.78 is 2.05. The van der Waals surface area contributed by atoms with Crippen LogP contribution in [0.5, 0.6) is 0 Å². The molecule has 0 bridgehead atoms. The Labute approximate surface area is 83.2 Å². The van der Waals surface area contributed by atoms with E-state index >= 15 is 0 Å². The van der Waals surface area contributed by atoms with Crippen LogP contribution in [0.25, 0.3) is 5.69 Å². The average Bonchev–Trinajstić information content (AvgIpc) is 2.98. The van der Waals surface area contributed by atoms with Crippen LogP contribution in [-0.4, -0.2) is 9.78 Å². The van der Waals surface area contributed by atoms with Crippen LogP contribution in [0.4, 0.5) is 0 Å². The van der Waals surface area contributed by atoms with Crippen molar-refractivity contribution in [3.8, 4) is 5.69 Å². The van der Waals surface area contributed by atoms with Gasteiger partial charge in [0.2, 0.25) is 0 Å². The Balaban J connectivity index is 2.07. The summed E-state index contributed by atoms with van der Waals surface area (Å²) in [5, 5.41) is 4.36. The molecule has 0 spiro atoms. The summed E-state index contributed by atoms with van der Waals surface area (Å²) in [5.41, 5.74) is 2.52. The fourth-order valence-corrected chi connectivity index (χ4v) is 1.79. The first-order valence-electron chi connectivity index (χ1n) is 5.04. The van der Waals surface area contributed by atoms with Gasteiger partial charge in [-0.3, -0.25) is 0 Å². The van der Waals surface area contributed by atoms with Crippen LogP contribution in [0.2, 0.25) is 0 Å². The molecule has 0 amide bonds. The van der Waals surface area contributed by atoms with Gasteiger partial charge in [-0.05, 0) is 31.0 Å². The first-order valence-corrected chi connectivity index (χ1v) is 5.04. The van der Waals surface area contributed by atoms with Gasteiger partial charge in [0.15, 0.2) is 0 Å². The molecule has 0 unspecified atom stereocenters. The molecule has 1 fully saturated rings. The summed E-state index contributed by atoms with van der Waals surface area (Å²) >= 11 is 0. The van der Waals surface area contributed by atoms with E-state index in [0.29, 0.717) is 0 Å². The van der Waals surface area contributed by atoms with Gasteiger partial charge in [0.1, 0.15) is 0 Å². The molecule has 3 rings (SSSR count). The van der Waals surface area contributed by atoms with Crippen LogP contribution in [0.3, 0.4) is 0 Å². The first-order chi connectivity index (χ1) is 6.95. The Bertz CT molecular complexity index is 427. The fraction of sp³-hybridized carbons (Fsp3) is 0.250. The molecule has 2 nitrogen and oxygen atoms in total. The van der Waals surface area contributed by atoms with Crippen molar-refractivity contribution < 1.29 is 0 Å². The van der Waals surface area contributed by atoms with Gasteiger partial charge in [0, 0.05) is 17.8 Å². The first kappa shape index (κ1) is 7.80. The third kappa shape index (κ3) is 1.23. The lowest BCUT2D eigenvalue weighted by Gasteiger charge is -2.05. The van der Waals surface area contributed by atoms with E-state index in [1.807, 2.05) is 24.4 Å². The lowest BCUT2D eigenvalue weighted by atomic mass is 10.2. The van der Waals surface area contributed by atoms with Crippen molar-refractivity contribution in [1.29, 1.82) is 0 Å². The van der Waals surface area contributed by atoms with Crippen LogP contribution in [0.1, 0.15) is 24.5 Å². The molecule has 0 N–H and O–H groups in total. The Morgan fingerprint density at radius 2 is 1.86 bits per heavy atom. The van der Waals surface area contributed by atoms with E-state index in [9.17, 15) is 0 Å². The van der Waals surface area contributed by atoms with Crippen molar-refractivity contribution in [2.75, 3.05) is 0 Å². The standard InChI is InChI=1S/C12H12N2/c1-2-4-11(5-3-1)14-12(8-9-13-14)10-6-7-10/h1-5,8-10H,6-7H2. The van der Waals surface area contributed by atoms with E-state index in [4.69, 9.17) is 0 Å². The second kappa shape index (κ2) is 2.98. The maximum absolute atomic E-state index is 4.36. The maximum atomic E-state index is 4.36. The van der Waals surface area contributed by atoms with Crippen molar-refractivity contribution in [1.82, 2.24) is 9.78 Å². The predicted octanol–water partition coefficient (Wildman–Crippen LogP) is 2.75. The number of para-hydroxylation sites is 1. The molecule has 70 valence electrons. The summed E-state index contributed by atoms with van der Waals surface area (Å²) in [5.74, 6) is 0.748. The Morgan fingerprint density at radius 1 is 1.07 bits per heavy atom. The molecule has 0 saturated heterocycles. The summed E-state index contributed by atoms with van der Waals surface area (Å²) in [6, 6.07) is 12.5. The molecule has 0 radical (unpaired) electrons. The second-order valence-corrected chi connectivity index (χ2v) is 3.78. The molecule has 14 heavy (non-hydrogen) atoms. The van der Waals surface area contributed by atoms with E-state index in [0.717, 1.165) is 5.92 Å². The summed E-state index contributed by atoms with van der Waals surface area (Å²) in [4.78, 5) is 0. The van der Waals surface area contributed by atoms with Crippen LogP contribution < -0.4 is 0 Å². The number of hydrogen-bond donors (Lipinski definition) is 0. The molecule has 1 aliphatic rings. The highest BCUT2D eigenvalue weighted by molar-refractivity contribution is 5.34. The van der Waals surface area contributed by atoms with Gasteiger partial charge in [-0.15, -0.1) is 0 Å². The molecular weight excluding hydrogens is 172 g/mol. The lowest BCUT2D eigenvalue weighted by molar-refractivity contribution is 0.808. The third-order valence-corrected chi connectivity index (χ3v) is 2.67. The van der Waals surface area contributed by atoms with Crippen molar-refractivity contribution in [3.05, 3.63) is 48.3 Å². The van der Waals surface area contributed by atoms with E-state index < -0.39 is 0 Å². The predicted molar refractivity (Wildman–Crippen MR) is 55.5 cm³/mol. The van der Waals surface area contributed by atoms with Crippen LogP contribution in [0, 0.1) is 0 Å². The minimum atomic E-state index is 0.748. The molecule has 1 aliphatic carbocycles. The van der Waals surface area contributed by atoms with E-state index in [1.165, 1.54) is 24.2 Å². The zero-order valence-electron chi connectivity index (χ0n) is 7.93. The van der Waals surface area contributed by atoms with Gasteiger partial charge >= 0.3 is 0 Å². The second-order valence-electron chi connectivity index (χ2n) is 3.78. The number of rotatable bonds is 2. The Kier molecular flexibility index (Phi) is 1.66. The highest BCUT2D eigenvalue weighted by Gasteiger charge is 2.27. The molecule has 1 aromatic carbocycles. The van der Waals surface area contributed by atoms with Crippen molar-refractivity contribution >= 4 is 0 Å². The van der Waals surface area contributed by atoms with Gasteiger partial charge in [0.05, 0.1) is 5.69 Å². The topological polar surface area (TPSA) is 17.8 Å². The number of benzene rings is 1. The lowest BCUT2D eigenvalue weighted by Crippen LogP contribution is -2.00. The van der Waals surface area contributed by atoms with E-state index in [-0.39, 0.29) is 0 Å². The van der Waals surface area contributed by atoms with E-state index in [2.05, 4.69) is 28.0 Å². The summed E-state index contributed by atoms with van der Waals surface area (Å²) in [7, 11) is 0. The third-order valence-electron chi connectivity index (χ3n) is 2.67. The Morgan fingerprint density at radius 3 is 2.57 bits per heavy atom. The quantitative estimate of drug-likeness (QED) is 0.701. The molecule has 1 heterocycles. The summed E-state index contributed by atoms with van der Waals surface area (Å²) in [6.45, 7) is 0. The minimum absolute atomic E-state index is 0.748. The SMILES string of the molecule is c1ccc(-n2nccc2C2CC2)cc1. The normalized spacial score (nSPS) is 15.7. The molecule has 2 heteroatoms. The maximum Gasteiger partial charge on any atom is 0.0648 e. The Hall–Kier alpha value is -1.57. The van der Waals surface area contributed by atoms with Gasteiger partial charge in [0.25, 0.3) is 0 Å². The number of hydrogen-bond acceptors (Lipinski definition) is 1. The highest BCUT2D eigenvalue weighted by Crippen LogP contribution is 2.40. The molecule has 0 aliphatic heterocycles.